The second-order valence-electron chi connectivity index (χ2n) is 11.8. The minimum absolute atomic E-state index is 0.0744. The maximum atomic E-state index is 13.4. The molecule has 6 nitrogen and oxygen atoms in total. The summed E-state index contributed by atoms with van der Waals surface area (Å²) in [5.41, 5.74) is 5.65. The summed E-state index contributed by atoms with van der Waals surface area (Å²) < 4.78 is 29.9. The number of allylic oxidation sites excluding steroid dienone is 2. The SMILES string of the molecule is COc1cccc2c1[C@]1(C=CC2=O)c2cc(OC)c3cccc(OC)c3c2-c2cc(OC)c3cccc(OC)c3c21.Cc1ccccc1. The van der Waals surface area contributed by atoms with Gasteiger partial charge in [-0.2, -0.15) is 0 Å². The molecule has 6 heteroatoms. The minimum Gasteiger partial charge on any atom is -0.496 e. The van der Waals surface area contributed by atoms with Crippen LogP contribution in [0.2, 0.25) is 0 Å². The molecule has 1 spiro atoms. The predicted octanol–water partition coefficient (Wildman–Crippen LogP) is 9.10. The fourth-order valence-corrected chi connectivity index (χ4v) is 7.48. The lowest BCUT2D eigenvalue weighted by Crippen LogP contribution is -2.31. The van der Waals surface area contributed by atoms with E-state index in [-0.39, 0.29) is 5.78 Å². The molecule has 2 aliphatic rings. The molecule has 0 amide bonds. The summed E-state index contributed by atoms with van der Waals surface area (Å²) in [5.74, 6) is 3.39. The fraction of sp³-hybridized carbons (Fsp3) is 0.167. The molecule has 0 fully saturated rings. The highest BCUT2D eigenvalue weighted by Gasteiger charge is 2.51. The quantitative estimate of drug-likeness (QED) is 0.188. The molecule has 0 saturated carbocycles. The normalized spacial score (nSPS) is 15.3. The van der Waals surface area contributed by atoms with Crippen LogP contribution in [0.3, 0.4) is 0 Å². The third-order valence-corrected chi connectivity index (χ3v) is 9.47. The van der Waals surface area contributed by atoms with Gasteiger partial charge in [0.05, 0.1) is 41.0 Å². The highest BCUT2D eigenvalue weighted by atomic mass is 16.5. The Morgan fingerprint density at radius 1 is 0.521 bits per heavy atom. The summed E-state index contributed by atoms with van der Waals surface area (Å²) in [6.07, 6.45) is 3.68. The van der Waals surface area contributed by atoms with Crippen molar-refractivity contribution < 1.29 is 28.5 Å². The largest absolute Gasteiger partial charge is 0.496 e. The molecule has 6 aromatic rings. The van der Waals surface area contributed by atoms with Crippen molar-refractivity contribution in [2.45, 2.75) is 12.3 Å². The van der Waals surface area contributed by atoms with E-state index < -0.39 is 5.41 Å². The Hall–Kier alpha value is -5.75. The number of rotatable bonds is 5. The van der Waals surface area contributed by atoms with Gasteiger partial charge in [0.2, 0.25) is 0 Å². The summed E-state index contributed by atoms with van der Waals surface area (Å²) in [6.45, 7) is 2.08. The second kappa shape index (κ2) is 12.1. The van der Waals surface area contributed by atoms with Gasteiger partial charge in [0.1, 0.15) is 28.7 Å². The molecule has 2 aliphatic carbocycles. The van der Waals surface area contributed by atoms with E-state index in [0.29, 0.717) is 22.8 Å². The molecular weight excluding hydrogens is 600 g/mol. The van der Waals surface area contributed by atoms with E-state index in [4.69, 9.17) is 23.7 Å². The molecule has 8 rings (SSSR count). The van der Waals surface area contributed by atoms with E-state index in [0.717, 1.165) is 60.9 Å². The minimum atomic E-state index is -0.915. The van der Waals surface area contributed by atoms with Gasteiger partial charge in [-0.1, -0.05) is 78.4 Å². The van der Waals surface area contributed by atoms with Crippen LogP contribution in [-0.4, -0.2) is 41.3 Å². The number of ether oxygens (including phenoxy) is 5. The highest BCUT2D eigenvalue weighted by Crippen LogP contribution is 2.64. The monoisotopic (exact) mass is 636 g/mol. The number of aryl methyl sites for hydroxylation is 1. The van der Waals surface area contributed by atoms with Gasteiger partial charge >= 0.3 is 0 Å². The average molecular weight is 637 g/mol. The Kier molecular flexibility index (Phi) is 7.80. The topological polar surface area (TPSA) is 63.2 Å². The van der Waals surface area contributed by atoms with Crippen LogP contribution >= 0.6 is 0 Å². The van der Waals surface area contributed by atoms with E-state index in [2.05, 4.69) is 31.2 Å². The first-order chi connectivity index (χ1) is 23.4. The van der Waals surface area contributed by atoms with E-state index >= 15 is 0 Å². The van der Waals surface area contributed by atoms with Crippen LogP contribution in [0.1, 0.15) is 32.6 Å². The Labute approximate surface area is 280 Å². The molecule has 0 aromatic heterocycles. The molecule has 48 heavy (non-hydrogen) atoms. The smallest absolute Gasteiger partial charge is 0.186 e. The number of hydrogen-bond donors (Lipinski definition) is 0. The third-order valence-electron chi connectivity index (χ3n) is 9.47. The van der Waals surface area contributed by atoms with Gasteiger partial charge in [0.25, 0.3) is 0 Å². The van der Waals surface area contributed by atoms with E-state index in [1.165, 1.54) is 5.56 Å². The lowest BCUT2D eigenvalue weighted by atomic mass is 9.66. The van der Waals surface area contributed by atoms with Gasteiger partial charge in [-0.3, -0.25) is 4.79 Å². The number of hydrogen-bond acceptors (Lipinski definition) is 6. The van der Waals surface area contributed by atoms with Gasteiger partial charge in [-0.05, 0) is 65.6 Å². The number of fused-ring (bicyclic) bond motifs is 11. The zero-order valence-electron chi connectivity index (χ0n) is 27.8. The predicted molar refractivity (Wildman–Crippen MR) is 191 cm³/mol. The summed E-state index contributed by atoms with van der Waals surface area (Å²) in [6, 6.07) is 32.0. The zero-order valence-corrected chi connectivity index (χ0v) is 27.8. The molecule has 0 radical (unpaired) electrons. The number of ketones is 1. The van der Waals surface area contributed by atoms with Gasteiger partial charge in [-0.25, -0.2) is 0 Å². The lowest BCUT2D eigenvalue weighted by molar-refractivity contribution is 0.104. The van der Waals surface area contributed by atoms with Crippen molar-refractivity contribution in [1.29, 1.82) is 0 Å². The highest BCUT2D eigenvalue weighted by molar-refractivity contribution is 6.17. The molecule has 0 unspecified atom stereocenters. The van der Waals surface area contributed by atoms with Crippen molar-refractivity contribution in [3.8, 4) is 39.9 Å². The van der Waals surface area contributed by atoms with E-state index in [1.54, 1.807) is 41.6 Å². The molecule has 240 valence electrons. The lowest BCUT2D eigenvalue weighted by Gasteiger charge is -2.36. The van der Waals surface area contributed by atoms with Crippen molar-refractivity contribution in [2.24, 2.45) is 0 Å². The van der Waals surface area contributed by atoms with Gasteiger partial charge in [-0.15, -0.1) is 0 Å². The second-order valence-corrected chi connectivity index (χ2v) is 11.8. The first kappa shape index (κ1) is 30.9. The van der Waals surface area contributed by atoms with Crippen LogP contribution in [0.25, 0.3) is 32.7 Å². The fourth-order valence-electron chi connectivity index (χ4n) is 7.48. The van der Waals surface area contributed by atoms with Crippen LogP contribution in [0.4, 0.5) is 0 Å². The summed E-state index contributed by atoms with van der Waals surface area (Å²) in [5, 5.41) is 3.64. The van der Waals surface area contributed by atoms with Crippen molar-refractivity contribution in [2.75, 3.05) is 35.5 Å². The van der Waals surface area contributed by atoms with Crippen LogP contribution < -0.4 is 23.7 Å². The Bertz CT molecular complexity index is 2250. The summed E-state index contributed by atoms with van der Waals surface area (Å²) in [7, 11) is 8.33. The van der Waals surface area contributed by atoms with Gasteiger partial charge < -0.3 is 23.7 Å². The average Bonchev–Trinajstić information content (AvgIpc) is 3.41. The number of methoxy groups -OCH3 is 5. The molecule has 1 atom stereocenters. The van der Waals surface area contributed by atoms with E-state index in [1.807, 2.05) is 78.9 Å². The zero-order chi connectivity index (χ0) is 33.6. The Balaban J connectivity index is 0.000000465. The van der Waals surface area contributed by atoms with Crippen molar-refractivity contribution in [3.05, 3.63) is 137 Å². The first-order valence-electron chi connectivity index (χ1n) is 15.7. The van der Waals surface area contributed by atoms with Crippen molar-refractivity contribution >= 4 is 27.3 Å². The standard InChI is InChI=1S/C35H28O6.C7H8/c1-37-25-12-7-10-20-29(41-5)18-23-30(31(20)25)22-17-28(40-4)21-11-8-13-26(38-2)32(21)34(22)35(23)16-15-24(36)19-9-6-14-27(39-3)33(19)35;1-7-5-3-2-4-6-7/h6-18H,1-5H3;2-6H,1H3/t35-;/m0./s1. The summed E-state index contributed by atoms with van der Waals surface area (Å²) >= 11 is 0. The van der Waals surface area contributed by atoms with Crippen LogP contribution in [0.15, 0.2) is 109 Å². The Morgan fingerprint density at radius 3 is 1.69 bits per heavy atom. The number of benzene rings is 6. The Morgan fingerprint density at radius 2 is 1.08 bits per heavy atom. The molecule has 0 bridgehead atoms. The van der Waals surface area contributed by atoms with Gasteiger partial charge in [0, 0.05) is 32.7 Å². The molecule has 6 aromatic carbocycles. The van der Waals surface area contributed by atoms with Crippen molar-refractivity contribution in [3.63, 3.8) is 0 Å². The first-order valence-corrected chi connectivity index (χ1v) is 15.7. The number of carbonyl (C=O) groups excluding carboxylic acids is 1. The van der Waals surface area contributed by atoms with Crippen LogP contribution in [0, 0.1) is 6.92 Å². The van der Waals surface area contributed by atoms with E-state index in [9.17, 15) is 4.79 Å². The molecular formula is C42H36O6. The van der Waals surface area contributed by atoms with Crippen LogP contribution in [0.5, 0.6) is 28.7 Å². The van der Waals surface area contributed by atoms with Crippen LogP contribution in [-0.2, 0) is 5.41 Å². The molecule has 0 aliphatic heterocycles. The maximum absolute atomic E-state index is 13.4. The third kappa shape index (κ3) is 4.43. The maximum Gasteiger partial charge on any atom is 0.186 e. The van der Waals surface area contributed by atoms with Gasteiger partial charge in [0.15, 0.2) is 5.78 Å². The van der Waals surface area contributed by atoms with Crippen molar-refractivity contribution in [1.82, 2.24) is 0 Å². The number of carbonyl (C=O) groups is 1. The molecule has 0 heterocycles. The summed E-state index contributed by atoms with van der Waals surface area (Å²) in [4.78, 5) is 13.4. The molecule has 0 N–H and O–H groups in total. The molecule has 0 saturated heterocycles.